The van der Waals surface area contributed by atoms with E-state index >= 15 is 0 Å². The molecule has 0 aromatic carbocycles. The summed E-state index contributed by atoms with van der Waals surface area (Å²) in [6, 6.07) is -0.373. The first-order chi connectivity index (χ1) is 31.6. The molecule has 3 heterocycles. The maximum absolute atomic E-state index is 12.8. The van der Waals surface area contributed by atoms with E-state index in [9.17, 15) is 57.9 Å². The second-order valence-corrected chi connectivity index (χ2v) is 23.3. The average molecular weight is 1050 g/mol. The fourth-order valence-electron chi connectivity index (χ4n) is 7.85. The summed E-state index contributed by atoms with van der Waals surface area (Å²) in [6.07, 6.45) is 9.75. The molecule has 10 atom stereocenters. The third-order valence-corrected chi connectivity index (χ3v) is 15.7. The second kappa shape index (κ2) is 32.0. The molecule has 29 heteroatoms. The van der Waals surface area contributed by atoms with Crippen LogP contribution in [0.5, 0.6) is 0 Å². The number of carbonyl (C=O) groups is 3. The van der Waals surface area contributed by atoms with Gasteiger partial charge in [0.1, 0.15) is 30.6 Å². The molecule has 3 aliphatic heterocycles. The molecule has 0 aromatic heterocycles. The van der Waals surface area contributed by atoms with E-state index in [2.05, 4.69) is 37.8 Å². The number of nitrogens with one attached hydrogen (secondary N) is 5. The van der Waals surface area contributed by atoms with Crippen LogP contribution in [-0.4, -0.2) is 146 Å². The summed E-state index contributed by atoms with van der Waals surface area (Å²) in [5, 5.41) is 36.0. The van der Waals surface area contributed by atoms with Gasteiger partial charge in [-0.3, -0.25) is 43.9 Å². The molecule has 13 N–H and O–H groups in total. The molecule has 10 unspecified atom stereocenters. The van der Waals surface area contributed by atoms with E-state index in [1.54, 1.807) is 4.90 Å². The number of amides is 2. The number of aliphatic hydroxyl groups excluding tert-OH is 2. The Balaban J connectivity index is 0.0000159. The number of carbonyl (C=O) groups excluding carboxylic acids is 3. The molecule has 392 valence electrons. The van der Waals surface area contributed by atoms with Crippen molar-refractivity contribution in [3.63, 3.8) is 0 Å². The topological polar surface area (TPSA) is 359 Å². The summed E-state index contributed by atoms with van der Waals surface area (Å²) < 4.78 is 61.7. The van der Waals surface area contributed by atoms with Crippen molar-refractivity contribution in [1.29, 1.82) is 0 Å². The van der Waals surface area contributed by atoms with Gasteiger partial charge in [0.2, 0.25) is 11.8 Å². The smallest absolute Gasteiger partial charge is 0.386 e. The summed E-state index contributed by atoms with van der Waals surface area (Å²) in [5.41, 5.74) is 4.49. The van der Waals surface area contributed by atoms with Gasteiger partial charge in [-0.05, 0) is 6.42 Å². The van der Waals surface area contributed by atoms with Crippen LogP contribution in [0.4, 0.5) is 0 Å². The van der Waals surface area contributed by atoms with Gasteiger partial charge in [0.25, 0.3) is 0 Å². The first-order valence-electron chi connectivity index (χ1n) is 23.4. The van der Waals surface area contributed by atoms with Crippen LogP contribution in [0.2, 0.25) is 0 Å². The van der Waals surface area contributed by atoms with Crippen molar-refractivity contribution in [3.05, 3.63) is 0 Å². The fourth-order valence-corrected chi connectivity index (χ4v) is 11.4. The summed E-state index contributed by atoms with van der Waals surface area (Å²) in [6.45, 7) is 3.34. The van der Waals surface area contributed by atoms with Crippen molar-refractivity contribution in [3.8, 4) is 0 Å². The van der Waals surface area contributed by atoms with Crippen LogP contribution >= 0.6 is 35.2 Å². The number of nitrogens with two attached hydrogens (primary N) is 1. The van der Waals surface area contributed by atoms with Gasteiger partial charge in [-0.15, -0.1) is 0 Å². The first kappa shape index (κ1) is 63.7. The minimum atomic E-state index is -5.53. The van der Waals surface area contributed by atoms with Crippen molar-refractivity contribution >= 4 is 52.2 Å². The van der Waals surface area contributed by atoms with E-state index in [1.807, 2.05) is 0 Å². The zero-order chi connectivity index (χ0) is 49.7. The normalized spacial score (nSPS) is 25.5. The van der Waals surface area contributed by atoms with Crippen LogP contribution < -0.4 is 51.2 Å². The number of phosphoric ester groups is 3. The third-order valence-electron chi connectivity index (χ3n) is 11.7. The van der Waals surface area contributed by atoms with Gasteiger partial charge in [-0.1, -0.05) is 122 Å². The third kappa shape index (κ3) is 24.1. The molecule has 3 saturated heterocycles. The number of aliphatic hydroxyl groups is 2. The Bertz CT molecular complexity index is 1660. The molecule has 0 saturated carbocycles. The van der Waals surface area contributed by atoms with Crippen molar-refractivity contribution in [2.45, 2.75) is 179 Å². The van der Waals surface area contributed by atoms with Crippen molar-refractivity contribution < 1.29 is 99.3 Å². The molecule has 2 amide bonds. The van der Waals surface area contributed by atoms with Gasteiger partial charge in [0.05, 0.1) is 38.3 Å². The predicted molar refractivity (Wildman–Crippen MR) is 248 cm³/mol. The fraction of sp³-hybridized carbons (Fsp3) is 0.923. The number of rotatable bonds is 35. The Labute approximate surface area is 416 Å². The number of thioether (sulfide) groups is 1. The van der Waals surface area contributed by atoms with Crippen molar-refractivity contribution in [1.82, 2.24) is 31.5 Å². The van der Waals surface area contributed by atoms with E-state index in [1.165, 1.54) is 90.9 Å². The molecule has 3 aliphatic rings. The summed E-state index contributed by atoms with van der Waals surface area (Å²) in [5.74, 6) is -0.948. The average Bonchev–Trinajstić information content (AvgIpc) is 3.81. The SMILES string of the molecule is CCCCCCCCCCCCCCCCCC(=O)SCCNC(=O)CCNC(=O)C(O)C(C)(C)COP(=O)(O)OP(=O)(O)OCC1OC(N2CNC3C(N)NCNC32)C(O)C1OP(=O)(O)O.[Li+]. The molecule has 0 radical (unpaired) electrons. The van der Waals surface area contributed by atoms with Crippen LogP contribution in [0, 0.1) is 5.41 Å². The van der Waals surface area contributed by atoms with Gasteiger partial charge in [-0.25, -0.2) is 18.6 Å². The van der Waals surface area contributed by atoms with E-state index in [-0.39, 0.29) is 62.9 Å². The van der Waals surface area contributed by atoms with Gasteiger partial charge >= 0.3 is 42.3 Å². The van der Waals surface area contributed by atoms with Gasteiger partial charge in [-0.2, -0.15) is 4.31 Å². The largest absolute Gasteiger partial charge is 1.00 e. The number of phosphoric acid groups is 3. The second-order valence-electron chi connectivity index (χ2n) is 17.9. The molecule has 68 heavy (non-hydrogen) atoms. The van der Waals surface area contributed by atoms with E-state index in [0.717, 1.165) is 31.0 Å². The Morgan fingerprint density at radius 2 is 1.41 bits per heavy atom. The van der Waals surface area contributed by atoms with Crippen LogP contribution in [0.1, 0.15) is 130 Å². The molecule has 0 bridgehead atoms. The van der Waals surface area contributed by atoms with Crippen LogP contribution in [0.15, 0.2) is 0 Å². The molecule has 3 fully saturated rings. The molecule has 24 nitrogen and oxygen atoms in total. The van der Waals surface area contributed by atoms with E-state index in [4.69, 9.17) is 24.0 Å². The molecule has 0 spiro atoms. The number of hydrogen-bond acceptors (Lipinski definition) is 19. The van der Waals surface area contributed by atoms with E-state index < -0.39 is 96.9 Å². The van der Waals surface area contributed by atoms with Crippen molar-refractivity contribution in [2.24, 2.45) is 11.1 Å². The minimum absolute atomic E-state index is 0. The molecular weight excluding hydrogens is 970 g/mol. The molecular formula is C39H78LiN7O17P3S+. The summed E-state index contributed by atoms with van der Waals surface area (Å²) >= 11 is 1.16. The molecule has 0 aromatic rings. The Hall–Kier alpha value is -0.393. The number of fused-ring (bicyclic) bond motifs is 1. The van der Waals surface area contributed by atoms with Crippen molar-refractivity contribution in [2.75, 3.05) is 45.4 Å². The molecule has 3 rings (SSSR count). The standard InChI is InChI=1S/C39H78N7O17P3S.Li/c1-4-5-6-7-8-9-10-11-12-13-14-15-16-17-18-19-30(48)67-23-22-41-29(47)20-21-42-37(51)34(50)39(2,3)25-60-66(57,58)63-65(55,56)59-24-28-33(62-64(52,53)54)32(49)38(61-28)46-27-45-31-35(40)43-26-44-36(31)46;/h28,31-36,38,43-45,49-50H,4-27,40H2,1-3H3,(H,41,47)(H,42,51)(H,55,56)(H,57,58)(H2,52,53,54);/q;+1. The Kier molecular flexibility index (Phi) is 30.0. The Morgan fingerprint density at radius 3 is 2.00 bits per heavy atom. The van der Waals surface area contributed by atoms with Gasteiger partial charge in [0.15, 0.2) is 5.12 Å². The zero-order valence-corrected chi connectivity index (χ0v) is 43.5. The van der Waals surface area contributed by atoms with Gasteiger partial charge < -0.3 is 50.9 Å². The number of unbranched alkanes of at least 4 members (excludes halogenated alkanes) is 14. The van der Waals surface area contributed by atoms with Gasteiger partial charge in [0, 0.05) is 43.8 Å². The summed E-state index contributed by atoms with van der Waals surface area (Å²) in [4.78, 5) is 78.3. The van der Waals surface area contributed by atoms with Crippen LogP contribution in [0.25, 0.3) is 0 Å². The minimum Gasteiger partial charge on any atom is -0.386 e. The zero-order valence-electron chi connectivity index (χ0n) is 40.0. The summed E-state index contributed by atoms with van der Waals surface area (Å²) in [7, 11) is -16.3. The maximum atomic E-state index is 12.8. The number of hydrogen-bond donors (Lipinski definition) is 12. The quantitative estimate of drug-likeness (QED) is 0.0213. The first-order valence-corrected chi connectivity index (χ1v) is 28.9. The van der Waals surface area contributed by atoms with E-state index in [0.29, 0.717) is 12.2 Å². The number of ether oxygens (including phenoxy) is 1. The van der Waals surface area contributed by atoms with Crippen LogP contribution in [-0.2, 0) is 50.7 Å². The van der Waals surface area contributed by atoms with Crippen LogP contribution in [0.3, 0.4) is 0 Å². The molecule has 0 aliphatic carbocycles. The maximum Gasteiger partial charge on any atom is 1.00 e. The predicted octanol–water partition coefficient (Wildman–Crippen LogP) is -0.672. The number of nitrogens with zero attached hydrogens (tertiary/aromatic N) is 1. The Morgan fingerprint density at radius 1 is 0.838 bits per heavy atom. The monoisotopic (exact) mass is 1050 g/mol.